The number of benzene rings is 3. The maximum atomic E-state index is 12.9. The summed E-state index contributed by atoms with van der Waals surface area (Å²) in [5, 5.41) is 19.4. The van der Waals surface area contributed by atoms with Crippen LogP contribution in [0, 0.1) is 0 Å². The Morgan fingerprint density at radius 2 is 1.55 bits per heavy atom. The van der Waals surface area contributed by atoms with Gasteiger partial charge >= 0.3 is 0 Å². The van der Waals surface area contributed by atoms with E-state index in [1.807, 2.05) is 60.7 Å². The molecule has 1 amide bonds. The zero-order valence-electron chi connectivity index (χ0n) is 16.3. The van der Waals surface area contributed by atoms with E-state index in [0.717, 1.165) is 11.3 Å². The number of carboxylic acid groups (broad SMARTS) is 1. The summed E-state index contributed by atoms with van der Waals surface area (Å²) in [5.74, 6) is -1.66. The lowest BCUT2D eigenvalue weighted by Crippen LogP contribution is -2.22. The summed E-state index contributed by atoms with van der Waals surface area (Å²) in [6.07, 6.45) is 3.10. The number of para-hydroxylation sites is 1. The Morgan fingerprint density at radius 1 is 0.903 bits per heavy atom. The van der Waals surface area contributed by atoms with Crippen molar-refractivity contribution in [3.05, 3.63) is 108 Å². The normalized spacial score (nSPS) is 10.8. The molecule has 3 aromatic carbocycles. The first-order chi connectivity index (χ1) is 15.1. The van der Waals surface area contributed by atoms with E-state index in [2.05, 4.69) is 15.6 Å². The molecule has 0 fully saturated rings. The molecule has 1 heterocycles. The van der Waals surface area contributed by atoms with Gasteiger partial charge in [0.1, 0.15) is 5.69 Å². The molecule has 0 saturated heterocycles. The topological polar surface area (TPSA) is 99.4 Å². The Bertz CT molecular complexity index is 1230. The number of carbonyl (C=O) groups excluding carboxylic acids is 2. The molecule has 0 bridgehead atoms. The van der Waals surface area contributed by atoms with Gasteiger partial charge in [-0.3, -0.25) is 4.79 Å². The largest absolute Gasteiger partial charge is 0.545 e. The Kier molecular flexibility index (Phi) is 5.66. The zero-order chi connectivity index (χ0) is 21.6. The quantitative estimate of drug-likeness (QED) is 0.391. The highest BCUT2D eigenvalue weighted by atomic mass is 16.4. The molecule has 0 saturated carbocycles. The van der Waals surface area contributed by atoms with Crippen LogP contribution < -0.4 is 10.5 Å². The van der Waals surface area contributed by atoms with Gasteiger partial charge in [-0.15, -0.1) is 0 Å². The van der Waals surface area contributed by atoms with Gasteiger partial charge in [-0.05, 0) is 23.3 Å². The third kappa shape index (κ3) is 4.56. The van der Waals surface area contributed by atoms with E-state index in [4.69, 9.17) is 0 Å². The van der Waals surface area contributed by atoms with Gasteiger partial charge in [0.05, 0.1) is 23.4 Å². The van der Waals surface area contributed by atoms with Crippen molar-refractivity contribution >= 4 is 18.1 Å². The highest BCUT2D eigenvalue weighted by Crippen LogP contribution is 2.23. The van der Waals surface area contributed by atoms with Crippen LogP contribution >= 0.6 is 0 Å². The predicted molar refractivity (Wildman–Crippen MR) is 115 cm³/mol. The fourth-order valence-corrected chi connectivity index (χ4v) is 2.99. The van der Waals surface area contributed by atoms with Crippen molar-refractivity contribution in [1.82, 2.24) is 15.2 Å². The summed E-state index contributed by atoms with van der Waals surface area (Å²) in [6.45, 7) is 0. The number of nitrogens with zero attached hydrogens (tertiary/aromatic N) is 3. The molecule has 0 aliphatic rings. The highest BCUT2D eigenvalue weighted by Gasteiger charge is 2.18. The number of nitrogens with one attached hydrogen (secondary N) is 1. The minimum Gasteiger partial charge on any atom is -0.545 e. The molecule has 0 unspecified atom stereocenters. The molecule has 0 radical (unpaired) electrons. The third-order valence-corrected chi connectivity index (χ3v) is 4.55. The SMILES string of the molecule is O=C([O-])c1ccc(/C=N\NC(=O)c2cn(-c3ccccc3)nc2-c2ccccc2)cc1. The first kappa shape index (κ1) is 19.8. The highest BCUT2D eigenvalue weighted by molar-refractivity contribution is 6.00. The first-order valence-electron chi connectivity index (χ1n) is 9.47. The average molecular weight is 409 g/mol. The molecule has 4 aromatic rings. The Balaban J connectivity index is 1.59. The summed E-state index contributed by atoms with van der Waals surface area (Å²) in [5.41, 5.74) is 5.76. The molecule has 1 aromatic heterocycles. The number of hydrazone groups is 1. The van der Waals surface area contributed by atoms with E-state index < -0.39 is 11.9 Å². The molecular formula is C24H17N4O3-. The second kappa shape index (κ2) is 8.87. The van der Waals surface area contributed by atoms with Crippen LogP contribution in [0.4, 0.5) is 0 Å². The molecule has 4 rings (SSSR count). The van der Waals surface area contributed by atoms with E-state index in [9.17, 15) is 14.7 Å². The molecule has 0 aliphatic heterocycles. The zero-order valence-corrected chi connectivity index (χ0v) is 16.3. The maximum absolute atomic E-state index is 12.9. The van der Waals surface area contributed by atoms with Gasteiger partial charge in [0.2, 0.25) is 0 Å². The lowest BCUT2D eigenvalue weighted by atomic mass is 10.1. The van der Waals surface area contributed by atoms with Crippen molar-refractivity contribution in [2.24, 2.45) is 5.10 Å². The van der Waals surface area contributed by atoms with Crippen LogP contribution in [-0.2, 0) is 0 Å². The number of amides is 1. The number of hydrogen-bond donors (Lipinski definition) is 1. The lowest BCUT2D eigenvalue weighted by molar-refractivity contribution is -0.255. The van der Waals surface area contributed by atoms with Crippen molar-refractivity contribution in [1.29, 1.82) is 0 Å². The number of carbonyl (C=O) groups is 2. The summed E-state index contributed by atoms with van der Waals surface area (Å²) in [6, 6.07) is 24.9. The molecule has 1 N–H and O–H groups in total. The maximum Gasteiger partial charge on any atom is 0.275 e. The van der Waals surface area contributed by atoms with Crippen LogP contribution in [0.1, 0.15) is 26.3 Å². The first-order valence-corrected chi connectivity index (χ1v) is 9.47. The smallest absolute Gasteiger partial charge is 0.275 e. The number of aromatic carboxylic acids is 1. The van der Waals surface area contributed by atoms with Gasteiger partial charge in [0.15, 0.2) is 0 Å². The molecular weight excluding hydrogens is 392 g/mol. The number of aromatic nitrogens is 2. The van der Waals surface area contributed by atoms with Gasteiger partial charge in [-0.25, -0.2) is 10.1 Å². The molecule has 0 spiro atoms. The standard InChI is InChI=1S/C24H18N4O3/c29-23(26-25-15-17-11-13-19(14-12-17)24(30)31)21-16-28(20-9-5-2-6-10-20)27-22(21)18-7-3-1-4-8-18/h1-16H,(H,26,29)(H,30,31)/p-1/b25-15-. The minimum absolute atomic E-state index is 0.0713. The summed E-state index contributed by atoms with van der Waals surface area (Å²) < 4.78 is 1.65. The van der Waals surface area contributed by atoms with Crippen LogP contribution in [0.15, 0.2) is 96.2 Å². The van der Waals surface area contributed by atoms with Gasteiger partial charge in [-0.2, -0.15) is 10.2 Å². The Morgan fingerprint density at radius 3 is 2.19 bits per heavy atom. The van der Waals surface area contributed by atoms with E-state index in [1.54, 1.807) is 23.0 Å². The molecule has 31 heavy (non-hydrogen) atoms. The Labute approximate surface area is 178 Å². The van der Waals surface area contributed by atoms with Gasteiger partial charge in [0, 0.05) is 11.8 Å². The monoisotopic (exact) mass is 409 g/mol. The number of carboxylic acids is 1. The molecule has 152 valence electrons. The fraction of sp³-hybridized carbons (Fsp3) is 0. The van der Waals surface area contributed by atoms with Gasteiger partial charge < -0.3 is 9.90 Å². The van der Waals surface area contributed by atoms with Crippen molar-refractivity contribution in [2.75, 3.05) is 0 Å². The fourth-order valence-electron chi connectivity index (χ4n) is 2.99. The van der Waals surface area contributed by atoms with E-state index in [1.165, 1.54) is 18.3 Å². The summed E-state index contributed by atoms with van der Waals surface area (Å²) in [7, 11) is 0. The molecule has 0 aliphatic carbocycles. The van der Waals surface area contributed by atoms with Crippen LogP contribution in [0.25, 0.3) is 16.9 Å². The predicted octanol–water partition coefficient (Wildman–Crippen LogP) is 2.67. The van der Waals surface area contributed by atoms with Crippen LogP contribution in [0.2, 0.25) is 0 Å². The second-order valence-electron chi connectivity index (χ2n) is 6.65. The van der Waals surface area contributed by atoms with Gasteiger partial charge in [-0.1, -0.05) is 72.8 Å². The average Bonchev–Trinajstić information content (AvgIpc) is 3.26. The van der Waals surface area contributed by atoms with Crippen molar-refractivity contribution in [3.8, 4) is 16.9 Å². The summed E-state index contributed by atoms with van der Waals surface area (Å²) in [4.78, 5) is 23.7. The van der Waals surface area contributed by atoms with Crippen LogP contribution in [-0.4, -0.2) is 27.9 Å². The van der Waals surface area contributed by atoms with E-state index in [0.29, 0.717) is 16.8 Å². The van der Waals surface area contributed by atoms with Crippen LogP contribution in [0.5, 0.6) is 0 Å². The van der Waals surface area contributed by atoms with Crippen molar-refractivity contribution in [3.63, 3.8) is 0 Å². The lowest BCUT2D eigenvalue weighted by Gasteiger charge is -2.02. The minimum atomic E-state index is -1.25. The molecule has 7 heteroatoms. The molecule has 0 atom stereocenters. The molecule has 7 nitrogen and oxygen atoms in total. The van der Waals surface area contributed by atoms with Crippen LogP contribution in [0.3, 0.4) is 0 Å². The second-order valence-corrected chi connectivity index (χ2v) is 6.65. The van der Waals surface area contributed by atoms with E-state index >= 15 is 0 Å². The van der Waals surface area contributed by atoms with Crippen molar-refractivity contribution in [2.45, 2.75) is 0 Å². The third-order valence-electron chi connectivity index (χ3n) is 4.55. The van der Waals surface area contributed by atoms with Gasteiger partial charge in [0.25, 0.3) is 5.91 Å². The van der Waals surface area contributed by atoms with E-state index in [-0.39, 0.29) is 5.56 Å². The number of hydrogen-bond acceptors (Lipinski definition) is 5. The van der Waals surface area contributed by atoms with Crippen molar-refractivity contribution < 1.29 is 14.7 Å². The number of rotatable bonds is 6. The summed E-state index contributed by atoms with van der Waals surface area (Å²) >= 11 is 0. The Hall–Kier alpha value is -4.52.